The zero-order valence-electron chi connectivity index (χ0n) is 14.5. The Morgan fingerprint density at radius 2 is 2.12 bits per heavy atom. The lowest BCUT2D eigenvalue weighted by molar-refractivity contribution is -0.121. The van der Waals surface area contributed by atoms with Crippen LogP contribution in [-0.2, 0) is 4.79 Å². The number of benzene rings is 1. The first-order valence-electron chi connectivity index (χ1n) is 8.59. The number of carbonyl (C=O) groups is 2. The highest BCUT2D eigenvalue weighted by molar-refractivity contribution is 5.89. The van der Waals surface area contributed by atoms with Crippen LogP contribution in [0.5, 0.6) is 0 Å². The molecule has 2 aliphatic rings. The molecule has 0 aromatic heterocycles. The molecule has 130 valence electrons. The summed E-state index contributed by atoms with van der Waals surface area (Å²) in [6, 6.07) is 7.77. The van der Waals surface area contributed by atoms with Gasteiger partial charge in [0.05, 0.1) is 0 Å². The molecule has 0 radical (unpaired) electrons. The lowest BCUT2D eigenvalue weighted by Crippen LogP contribution is -2.62. The second kappa shape index (κ2) is 6.81. The van der Waals surface area contributed by atoms with Crippen LogP contribution >= 0.6 is 0 Å². The van der Waals surface area contributed by atoms with Crippen molar-refractivity contribution >= 4 is 17.6 Å². The van der Waals surface area contributed by atoms with Gasteiger partial charge in [0.2, 0.25) is 5.91 Å². The van der Waals surface area contributed by atoms with Gasteiger partial charge in [-0.2, -0.15) is 0 Å². The van der Waals surface area contributed by atoms with Gasteiger partial charge in [-0.25, -0.2) is 4.79 Å². The van der Waals surface area contributed by atoms with Crippen LogP contribution in [0.3, 0.4) is 0 Å². The zero-order chi connectivity index (χ0) is 17.2. The first kappa shape index (κ1) is 16.8. The fourth-order valence-corrected chi connectivity index (χ4v) is 3.70. The zero-order valence-corrected chi connectivity index (χ0v) is 14.5. The van der Waals surface area contributed by atoms with Crippen LogP contribution in [0.1, 0.15) is 24.8 Å². The SMILES string of the molecule is Cc1cccc(NC(=O)N2CCN(C)[C@@]3(CCNC(=O)CC3)C2)c1. The molecule has 6 heteroatoms. The maximum atomic E-state index is 12.7. The van der Waals surface area contributed by atoms with E-state index in [1.807, 2.05) is 36.1 Å². The largest absolute Gasteiger partial charge is 0.356 e. The number of piperazine rings is 1. The van der Waals surface area contributed by atoms with E-state index in [1.165, 1.54) is 0 Å². The van der Waals surface area contributed by atoms with E-state index in [1.54, 1.807) is 0 Å². The van der Waals surface area contributed by atoms with Gasteiger partial charge in [0.15, 0.2) is 0 Å². The molecular weight excluding hydrogens is 304 g/mol. The Balaban J connectivity index is 1.70. The summed E-state index contributed by atoms with van der Waals surface area (Å²) in [7, 11) is 2.10. The Bertz CT molecular complexity index is 633. The van der Waals surface area contributed by atoms with Gasteiger partial charge >= 0.3 is 6.03 Å². The van der Waals surface area contributed by atoms with Crippen molar-refractivity contribution in [3.05, 3.63) is 29.8 Å². The third kappa shape index (κ3) is 3.53. The number of rotatable bonds is 1. The van der Waals surface area contributed by atoms with E-state index < -0.39 is 0 Å². The number of amides is 3. The lowest BCUT2D eigenvalue weighted by Gasteiger charge is -2.49. The third-order valence-electron chi connectivity index (χ3n) is 5.29. The summed E-state index contributed by atoms with van der Waals surface area (Å²) in [5.41, 5.74) is 1.84. The molecule has 0 unspecified atom stereocenters. The molecule has 2 heterocycles. The third-order valence-corrected chi connectivity index (χ3v) is 5.29. The van der Waals surface area contributed by atoms with Crippen LogP contribution in [-0.4, -0.2) is 60.5 Å². The number of likely N-dealkylation sites (N-methyl/N-ethyl adjacent to an activating group) is 1. The van der Waals surface area contributed by atoms with Gasteiger partial charge in [0.1, 0.15) is 0 Å². The molecule has 24 heavy (non-hydrogen) atoms. The fourth-order valence-electron chi connectivity index (χ4n) is 3.70. The highest BCUT2D eigenvalue weighted by Gasteiger charge is 2.42. The van der Waals surface area contributed by atoms with Crippen LogP contribution in [0.25, 0.3) is 0 Å². The van der Waals surface area contributed by atoms with E-state index in [4.69, 9.17) is 0 Å². The molecule has 2 N–H and O–H groups in total. The van der Waals surface area contributed by atoms with E-state index in [0.29, 0.717) is 26.1 Å². The van der Waals surface area contributed by atoms with E-state index in [9.17, 15) is 9.59 Å². The number of nitrogens with zero attached hydrogens (tertiary/aromatic N) is 2. The highest BCUT2D eigenvalue weighted by atomic mass is 16.2. The summed E-state index contributed by atoms with van der Waals surface area (Å²) in [4.78, 5) is 28.6. The maximum Gasteiger partial charge on any atom is 0.321 e. The smallest absolute Gasteiger partial charge is 0.321 e. The minimum atomic E-state index is -0.110. The normalized spacial score (nSPS) is 25.2. The second-order valence-electron chi connectivity index (χ2n) is 6.97. The number of hydrogen-bond acceptors (Lipinski definition) is 3. The van der Waals surface area contributed by atoms with Crippen molar-refractivity contribution in [3.63, 3.8) is 0 Å². The van der Waals surface area contributed by atoms with Crippen molar-refractivity contribution in [1.29, 1.82) is 0 Å². The predicted molar refractivity (Wildman–Crippen MR) is 94.0 cm³/mol. The van der Waals surface area contributed by atoms with Gasteiger partial charge in [0, 0.05) is 43.8 Å². The molecule has 2 fully saturated rings. The first-order chi connectivity index (χ1) is 11.5. The molecular formula is C18H26N4O2. The molecule has 1 aromatic carbocycles. The van der Waals surface area contributed by atoms with Crippen molar-refractivity contribution in [1.82, 2.24) is 15.1 Å². The average molecular weight is 330 g/mol. The minimum absolute atomic E-state index is 0.0587. The molecule has 1 atom stereocenters. The minimum Gasteiger partial charge on any atom is -0.356 e. The fraction of sp³-hybridized carbons (Fsp3) is 0.556. The summed E-state index contributed by atoms with van der Waals surface area (Å²) in [6.45, 7) is 4.88. The molecule has 3 amide bonds. The van der Waals surface area contributed by atoms with E-state index >= 15 is 0 Å². The summed E-state index contributed by atoms with van der Waals surface area (Å²) in [5.74, 6) is 0.113. The molecule has 6 nitrogen and oxygen atoms in total. The molecule has 0 saturated carbocycles. The Kier molecular flexibility index (Phi) is 4.76. The Morgan fingerprint density at radius 1 is 1.29 bits per heavy atom. The molecule has 0 bridgehead atoms. The maximum absolute atomic E-state index is 12.7. The van der Waals surface area contributed by atoms with Crippen LogP contribution in [0, 0.1) is 6.92 Å². The molecule has 0 aliphatic carbocycles. The van der Waals surface area contributed by atoms with E-state index in [0.717, 1.165) is 30.6 Å². The van der Waals surface area contributed by atoms with Gasteiger partial charge in [-0.3, -0.25) is 9.69 Å². The van der Waals surface area contributed by atoms with Gasteiger partial charge in [0.25, 0.3) is 0 Å². The molecule has 2 saturated heterocycles. The molecule has 1 spiro atoms. The van der Waals surface area contributed by atoms with Crippen molar-refractivity contribution < 1.29 is 9.59 Å². The number of aryl methyl sites for hydroxylation is 1. The summed E-state index contributed by atoms with van der Waals surface area (Å²) < 4.78 is 0. The van der Waals surface area contributed by atoms with Crippen LogP contribution in [0.4, 0.5) is 10.5 Å². The predicted octanol–water partition coefficient (Wildman–Crippen LogP) is 1.81. The standard InChI is InChI=1S/C18H26N4O2/c1-14-4-3-5-15(12-14)20-17(24)22-11-10-21(2)18(13-22)7-6-16(23)19-9-8-18/h3-5,12H,6-11,13H2,1-2H3,(H,19,23)(H,20,24)/t18-/m0/s1. The molecule has 1 aromatic rings. The van der Waals surface area contributed by atoms with Gasteiger partial charge in [-0.1, -0.05) is 12.1 Å². The summed E-state index contributed by atoms with van der Waals surface area (Å²) >= 11 is 0. The Labute approximate surface area is 143 Å². The van der Waals surface area contributed by atoms with Crippen molar-refractivity contribution in [2.24, 2.45) is 0 Å². The first-order valence-corrected chi connectivity index (χ1v) is 8.59. The number of hydrogen-bond donors (Lipinski definition) is 2. The number of urea groups is 1. The summed E-state index contributed by atoms with van der Waals surface area (Å²) in [6.07, 6.45) is 2.20. The number of anilines is 1. The van der Waals surface area contributed by atoms with Crippen molar-refractivity contribution in [2.75, 3.05) is 38.5 Å². The van der Waals surface area contributed by atoms with Crippen molar-refractivity contribution in [3.8, 4) is 0 Å². The van der Waals surface area contributed by atoms with Crippen LogP contribution in [0.15, 0.2) is 24.3 Å². The lowest BCUT2D eigenvalue weighted by atomic mass is 9.86. The van der Waals surface area contributed by atoms with Gasteiger partial charge in [-0.15, -0.1) is 0 Å². The summed E-state index contributed by atoms with van der Waals surface area (Å²) in [5, 5.41) is 5.94. The van der Waals surface area contributed by atoms with Crippen LogP contribution in [0.2, 0.25) is 0 Å². The monoisotopic (exact) mass is 330 g/mol. The van der Waals surface area contributed by atoms with E-state index in [2.05, 4.69) is 22.6 Å². The highest BCUT2D eigenvalue weighted by Crippen LogP contribution is 2.30. The average Bonchev–Trinajstić information content (AvgIpc) is 2.73. The topological polar surface area (TPSA) is 64.7 Å². The number of carbonyl (C=O) groups excluding carboxylic acids is 2. The molecule has 2 aliphatic heterocycles. The van der Waals surface area contributed by atoms with E-state index in [-0.39, 0.29) is 17.5 Å². The quantitative estimate of drug-likeness (QED) is 0.825. The van der Waals surface area contributed by atoms with Gasteiger partial charge in [-0.05, 0) is 44.5 Å². The second-order valence-corrected chi connectivity index (χ2v) is 6.97. The van der Waals surface area contributed by atoms with Crippen LogP contribution < -0.4 is 10.6 Å². The Morgan fingerprint density at radius 3 is 2.92 bits per heavy atom. The van der Waals surface area contributed by atoms with Crippen molar-refractivity contribution in [2.45, 2.75) is 31.7 Å². The van der Waals surface area contributed by atoms with Gasteiger partial charge < -0.3 is 15.5 Å². The number of nitrogens with one attached hydrogen (secondary N) is 2. The molecule has 3 rings (SSSR count). The Hall–Kier alpha value is -2.08.